The molecule has 0 aromatic rings. The smallest absolute Gasteiger partial charge is 0.319 e. The summed E-state index contributed by atoms with van der Waals surface area (Å²) in [6.45, 7) is 5.77. The number of amides is 1. The van der Waals surface area contributed by atoms with Crippen LogP contribution in [0.2, 0.25) is 0 Å². The molecule has 0 bridgehead atoms. The van der Waals surface area contributed by atoms with Crippen molar-refractivity contribution in [3.8, 4) is 0 Å². The van der Waals surface area contributed by atoms with E-state index in [-0.39, 0.29) is 5.91 Å². The molecule has 17 heavy (non-hydrogen) atoms. The molecule has 1 saturated heterocycles. The molecule has 1 aliphatic carbocycles. The highest BCUT2D eigenvalue weighted by atomic mass is 16.4. The third-order valence-electron chi connectivity index (χ3n) is 4.65. The Morgan fingerprint density at radius 3 is 2.29 bits per heavy atom. The minimum atomic E-state index is -1.08. The fraction of sp³-hybridized carbons (Fsp3) is 0.846. The first-order chi connectivity index (χ1) is 7.97. The van der Waals surface area contributed by atoms with Gasteiger partial charge >= 0.3 is 5.97 Å². The van der Waals surface area contributed by atoms with Gasteiger partial charge in [-0.05, 0) is 31.1 Å². The molecule has 2 unspecified atom stereocenters. The average molecular weight is 239 g/mol. The molecule has 1 saturated carbocycles. The van der Waals surface area contributed by atoms with E-state index in [2.05, 4.69) is 13.8 Å². The standard InChI is InChI=1S/C13H21NO3/c1-9-4-7-14(8-10(9)2)11(15)13(12(16)17)5-3-6-13/h9-10H,3-8H2,1-2H3,(H,16,17). The van der Waals surface area contributed by atoms with Crippen LogP contribution < -0.4 is 0 Å². The molecule has 1 N–H and O–H groups in total. The molecule has 2 rings (SSSR count). The lowest BCUT2D eigenvalue weighted by atomic mass is 9.67. The molecular formula is C13H21NO3. The van der Waals surface area contributed by atoms with Crippen LogP contribution in [0.1, 0.15) is 39.5 Å². The van der Waals surface area contributed by atoms with E-state index in [1.807, 2.05) is 0 Å². The zero-order valence-corrected chi connectivity index (χ0v) is 10.6. The van der Waals surface area contributed by atoms with Crippen LogP contribution in [0.3, 0.4) is 0 Å². The third kappa shape index (κ3) is 1.94. The number of carboxylic acid groups (broad SMARTS) is 1. The minimum absolute atomic E-state index is 0.144. The summed E-state index contributed by atoms with van der Waals surface area (Å²) in [5.41, 5.74) is -1.08. The number of rotatable bonds is 2. The van der Waals surface area contributed by atoms with Crippen molar-refractivity contribution in [2.45, 2.75) is 39.5 Å². The molecule has 2 atom stereocenters. The Labute approximate surface area is 102 Å². The van der Waals surface area contributed by atoms with E-state index in [1.54, 1.807) is 4.90 Å². The summed E-state index contributed by atoms with van der Waals surface area (Å²) < 4.78 is 0. The van der Waals surface area contributed by atoms with Crippen molar-refractivity contribution in [2.24, 2.45) is 17.3 Å². The van der Waals surface area contributed by atoms with Crippen LogP contribution in [0.15, 0.2) is 0 Å². The van der Waals surface area contributed by atoms with Crippen LogP contribution in [0.5, 0.6) is 0 Å². The molecule has 0 aromatic heterocycles. The maximum absolute atomic E-state index is 12.3. The molecule has 1 aliphatic heterocycles. The number of hydrogen-bond donors (Lipinski definition) is 1. The molecule has 1 heterocycles. The molecule has 0 aromatic carbocycles. The monoisotopic (exact) mass is 239 g/mol. The lowest BCUT2D eigenvalue weighted by Crippen LogP contribution is -2.55. The van der Waals surface area contributed by atoms with Crippen molar-refractivity contribution in [1.29, 1.82) is 0 Å². The SMILES string of the molecule is CC1CCN(C(=O)C2(C(=O)O)CCC2)CC1C. The highest BCUT2D eigenvalue weighted by Gasteiger charge is 2.53. The lowest BCUT2D eigenvalue weighted by molar-refractivity contribution is -0.168. The van der Waals surface area contributed by atoms with Gasteiger partial charge in [0.05, 0.1) is 0 Å². The minimum Gasteiger partial charge on any atom is -0.480 e. The largest absolute Gasteiger partial charge is 0.480 e. The van der Waals surface area contributed by atoms with Gasteiger partial charge < -0.3 is 10.0 Å². The first-order valence-electron chi connectivity index (χ1n) is 6.50. The number of piperidine rings is 1. The van der Waals surface area contributed by atoms with E-state index in [0.29, 0.717) is 24.7 Å². The maximum atomic E-state index is 12.3. The summed E-state index contributed by atoms with van der Waals surface area (Å²) >= 11 is 0. The summed E-state index contributed by atoms with van der Waals surface area (Å²) in [6.07, 6.45) is 2.88. The zero-order chi connectivity index (χ0) is 12.6. The molecule has 4 nitrogen and oxygen atoms in total. The van der Waals surface area contributed by atoms with Gasteiger partial charge in [-0.15, -0.1) is 0 Å². The Hall–Kier alpha value is -1.06. The number of hydrogen-bond acceptors (Lipinski definition) is 2. The van der Waals surface area contributed by atoms with E-state index in [1.165, 1.54) is 0 Å². The number of carbonyl (C=O) groups is 2. The first-order valence-corrected chi connectivity index (χ1v) is 6.50. The average Bonchev–Trinajstić information content (AvgIpc) is 2.19. The highest BCUT2D eigenvalue weighted by molar-refractivity contribution is 6.02. The number of carbonyl (C=O) groups excluding carboxylic acids is 1. The summed E-state index contributed by atoms with van der Waals surface area (Å²) in [5, 5.41) is 9.26. The number of nitrogens with zero attached hydrogens (tertiary/aromatic N) is 1. The van der Waals surface area contributed by atoms with Gasteiger partial charge in [0.2, 0.25) is 5.91 Å². The fourth-order valence-corrected chi connectivity index (χ4v) is 2.80. The summed E-state index contributed by atoms with van der Waals surface area (Å²) in [7, 11) is 0. The van der Waals surface area contributed by atoms with Gasteiger partial charge in [-0.2, -0.15) is 0 Å². The normalized spacial score (nSPS) is 31.8. The predicted octanol–water partition coefficient (Wildman–Crippen LogP) is 1.75. The maximum Gasteiger partial charge on any atom is 0.319 e. The zero-order valence-electron chi connectivity index (χ0n) is 10.6. The molecule has 2 aliphatic rings. The Kier molecular flexibility index (Phi) is 3.15. The van der Waals surface area contributed by atoms with Gasteiger partial charge in [-0.1, -0.05) is 20.3 Å². The van der Waals surface area contributed by atoms with Crippen LogP contribution in [0.25, 0.3) is 0 Å². The van der Waals surface area contributed by atoms with Gasteiger partial charge in [-0.3, -0.25) is 9.59 Å². The van der Waals surface area contributed by atoms with Crippen LogP contribution in [0.4, 0.5) is 0 Å². The van der Waals surface area contributed by atoms with Crippen molar-refractivity contribution in [3.05, 3.63) is 0 Å². The Morgan fingerprint density at radius 1 is 1.24 bits per heavy atom. The van der Waals surface area contributed by atoms with E-state index in [4.69, 9.17) is 0 Å². The Balaban J connectivity index is 2.07. The van der Waals surface area contributed by atoms with Crippen molar-refractivity contribution < 1.29 is 14.7 Å². The van der Waals surface area contributed by atoms with Crippen LogP contribution in [-0.4, -0.2) is 35.0 Å². The third-order valence-corrected chi connectivity index (χ3v) is 4.65. The van der Waals surface area contributed by atoms with E-state index >= 15 is 0 Å². The van der Waals surface area contributed by atoms with Gasteiger partial charge in [0.1, 0.15) is 5.41 Å². The van der Waals surface area contributed by atoms with Gasteiger partial charge in [0.15, 0.2) is 0 Å². The summed E-state index contributed by atoms with van der Waals surface area (Å²) in [5.74, 6) is 0.0230. The Morgan fingerprint density at radius 2 is 1.88 bits per heavy atom. The molecule has 1 amide bonds. The number of aliphatic carboxylic acids is 1. The van der Waals surface area contributed by atoms with Crippen LogP contribution in [0, 0.1) is 17.3 Å². The molecule has 96 valence electrons. The molecular weight excluding hydrogens is 218 g/mol. The fourth-order valence-electron chi connectivity index (χ4n) is 2.80. The van der Waals surface area contributed by atoms with Crippen LogP contribution in [-0.2, 0) is 9.59 Å². The highest BCUT2D eigenvalue weighted by Crippen LogP contribution is 2.43. The van der Waals surface area contributed by atoms with E-state index in [0.717, 1.165) is 25.9 Å². The second-order valence-electron chi connectivity index (χ2n) is 5.74. The van der Waals surface area contributed by atoms with E-state index in [9.17, 15) is 14.7 Å². The summed E-state index contributed by atoms with van der Waals surface area (Å²) in [6, 6.07) is 0. The Bertz CT molecular complexity index is 336. The van der Waals surface area contributed by atoms with Crippen LogP contribution >= 0.6 is 0 Å². The van der Waals surface area contributed by atoms with Gasteiger partial charge in [0, 0.05) is 13.1 Å². The van der Waals surface area contributed by atoms with Crippen molar-refractivity contribution in [3.63, 3.8) is 0 Å². The molecule has 2 fully saturated rings. The quantitative estimate of drug-likeness (QED) is 0.747. The molecule has 0 spiro atoms. The second kappa shape index (κ2) is 4.31. The lowest BCUT2D eigenvalue weighted by Gasteiger charge is -2.43. The topological polar surface area (TPSA) is 57.6 Å². The van der Waals surface area contributed by atoms with Gasteiger partial charge in [0.25, 0.3) is 0 Å². The summed E-state index contributed by atoms with van der Waals surface area (Å²) in [4.78, 5) is 25.4. The molecule has 0 radical (unpaired) electrons. The molecule has 4 heteroatoms. The number of likely N-dealkylation sites (tertiary alicyclic amines) is 1. The second-order valence-corrected chi connectivity index (χ2v) is 5.74. The number of carboxylic acids is 1. The first kappa shape index (κ1) is 12.4. The van der Waals surface area contributed by atoms with Crippen molar-refractivity contribution >= 4 is 11.9 Å². The predicted molar refractivity (Wildman–Crippen MR) is 63.4 cm³/mol. The van der Waals surface area contributed by atoms with E-state index < -0.39 is 11.4 Å². The van der Waals surface area contributed by atoms with Crippen molar-refractivity contribution in [2.75, 3.05) is 13.1 Å². The van der Waals surface area contributed by atoms with Gasteiger partial charge in [-0.25, -0.2) is 0 Å². The van der Waals surface area contributed by atoms with Crippen molar-refractivity contribution in [1.82, 2.24) is 4.90 Å².